The van der Waals surface area contributed by atoms with E-state index in [1.807, 2.05) is 23.3 Å². The molecule has 0 aliphatic carbocycles. The first-order valence-electron chi connectivity index (χ1n) is 8.99. The van der Waals surface area contributed by atoms with Gasteiger partial charge in [0.05, 0.1) is 19.8 Å². The lowest BCUT2D eigenvalue weighted by Gasteiger charge is -2.39. The molecule has 2 N–H and O–H groups in total. The molecule has 1 fully saturated rings. The van der Waals surface area contributed by atoms with Crippen molar-refractivity contribution in [2.45, 2.75) is 37.1 Å². The summed E-state index contributed by atoms with van der Waals surface area (Å²) < 4.78 is 6.60. The van der Waals surface area contributed by atoms with Gasteiger partial charge < -0.3 is 15.4 Å². The van der Waals surface area contributed by atoms with Crippen LogP contribution in [0.4, 0.5) is 0 Å². The predicted octanol–water partition coefficient (Wildman–Crippen LogP) is 2.29. The zero-order valence-electron chi connectivity index (χ0n) is 15.6. The standard InChI is InChI=1S/C17H31N5OS2/c1-4-18-15(19-6-5-12-24-16-20-7-13-25-16)21-14-17(2,3)22-8-10-23-11-9-22/h7,13H,4-6,8-12,14H2,1-3H3,(H2,18,19,21). The van der Waals surface area contributed by atoms with Crippen LogP contribution in [-0.4, -0.2) is 73.1 Å². The first-order valence-corrected chi connectivity index (χ1v) is 10.9. The molecule has 142 valence electrons. The number of hydrogen-bond donors (Lipinski definition) is 2. The molecule has 0 spiro atoms. The monoisotopic (exact) mass is 385 g/mol. The Balaban J connectivity index is 1.72. The van der Waals surface area contributed by atoms with Crippen molar-refractivity contribution in [3.05, 3.63) is 11.6 Å². The molecular formula is C17H31N5OS2. The normalized spacial score (nSPS) is 16.8. The smallest absolute Gasteiger partial charge is 0.191 e. The fourth-order valence-corrected chi connectivity index (χ4v) is 4.25. The van der Waals surface area contributed by atoms with Gasteiger partial charge in [-0.05, 0) is 27.2 Å². The van der Waals surface area contributed by atoms with E-state index in [4.69, 9.17) is 9.73 Å². The minimum absolute atomic E-state index is 0.0484. The maximum absolute atomic E-state index is 5.45. The zero-order chi connectivity index (χ0) is 18.0. The van der Waals surface area contributed by atoms with Gasteiger partial charge in [0.1, 0.15) is 4.34 Å². The maximum Gasteiger partial charge on any atom is 0.191 e. The molecule has 25 heavy (non-hydrogen) atoms. The number of guanidine groups is 1. The Labute approximate surface area is 159 Å². The van der Waals surface area contributed by atoms with E-state index in [-0.39, 0.29) is 5.54 Å². The third-order valence-electron chi connectivity index (χ3n) is 4.08. The zero-order valence-corrected chi connectivity index (χ0v) is 17.2. The summed E-state index contributed by atoms with van der Waals surface area (Å²) in [5.74, 6) is 1.97. The Hall–Kier alpha value is -0.830. The average Bonchev–Trinajstić information content (AvgIpc) is 3.13. The van der Waals surface area contributed by atoms with Gasteiger partial charge in [0.25, 0.3) is 0 Å². The summed E-state index contributed by atoms with van der Waals surface area (Å²) in [6.45, 7) is 12.8. The number of ether oxygens (including phenoxy) is 1. The van der Waals surface area contributed by atoms with Gasteiger partial charge in [-0.3, -0.25) is 9.89 Å². The Kier molecular flexibility index (Phi) is 9.02. The molecule has 1 aliphatic rings. The number of thiazole rings is 1. The lowest BCUT2D eigenvalue weighted by molar-refractivity contribution is -0.00683. The molecule has 0 bridgehead atoms. The summed E-state index contributed by atoms with van der Waals surface area (Å²) in [6.07, 6.45) is 2.94. The van der Waals surface area contributed by atoms with Crippen molar-refractivity contribution in [2.24, 2.45) is 4.99 Å². The summed E-state index contributed by atoms with van der Waals surface area (Å²) in [6, 6.07) is 0. The van der Waals surface area contributed by atoms with Crippen molar-refractivity contribution in [1.82, 2.24) is 20.5 Å². The molecule has 0 atom stereocenters. The molecule has 2 heterocycles. The number of aromatic nitrogens is 1. The predicted molar refractivity (Wildman–Crippen MR) is 108 cm³/mol. The second-order valence-corrected chi connectivity index (χ2v) is 8.77. The molecule has 0 aromatic carbocycles. The van der Waals surface area contributed by atoms with E-state index in [9.17, 15) is 0 Å². The van der Waals surface area contributed by atoms with Gasteiger partial charge in [0.2, 0.25) is 0 Å². The van der Waals surface area contributed by atoms with E-state index in [0.29, 0.717) is 0 Å². The summed E-state index contributed by atoms with van der Waals surface area (Å²) >= 11 is 3.52. The van der Waals surface area contributed by atoms with Crippen LogP contribution in [0.5, 0.6) is 0 Å². The van der Waals surface area contributed by atoms with Gasteiger partial charge >= 0.3 is 0 Å². The van der Waals surface area contributed by atoms with Gasteiger partial charge in [0, 0.05) is 49.0 Å². The fraction of sp³-hybridized carbons (Fsp3) is 0.765. The average molecular weight is 386 g/mol. The first kappa shape index (κ1) is 20.5. The highest BCUT2D eigenvalue weighted by Gasteiger charge is 2.28. The Morgan fingerprint density at radius 2 is 2.20 bits per heavy atom. The Morgan fingerprint density at radius 1 is 1.40 bits per heavy atom. The second kappa shape index (κ2) is 11.0. The van der Waals surface area contributed by atoms with Crippen LogP contribution >= 0.6 is 23.1 Å². The van der Waals surface area contributed by atoms with Crippen LogP contribution in [0.2, 0.25) is 0 Å². The van der Waals surface area contributed by atoms with E-state index < -0.39 is 0 Å². The largest absolute Gasteiger partial charge is 0.379 e. The third-order valence-corrected chi connectivity index (χ3v) is 6.14. The summed E-state index contributed by atoms with van der Waals surface area (Å²) in [7, 11) is 0. The molecule has 6 nitrogen and oxygen atoms in total. The van der Waals surface area contributed by atoms with Crippen molar-refractivity contribution in [3.63, 3.8) is 0 Å². The van der Waals surface area contributed by atoms with Crippen LogP contribution < -0.4 is 10.6 Å². The molecule has 0 radical (unpaired) electrons. The molecule has 1 aromatic heterocycles. The highest BCUT2D eigenvalue weighted by Crippen LogP contribution is 2.20. The van der Waals surface area contributed by atoms with Crippen molar-refractivity contribution in [3.8, 4) is 0 Å². The number of rotatable bonds is 9. The van der Waals surface area contributed by atoms with E-state index >= 15 is 0 Å². The molecular weight excluding hydrogens is 354 g/mol. The third kappa shape index (κ3) is 7.52. The van der Waals surface area contributed by atoms with Crippen molar-refractivity contribution >= 4 is 29.1 Å². The summed E-state index contributed by atoms with van der Waals surface area (Å²) in [5.41, 5.74) is 0.0484. The molecule has 0 unspecified atom stereocenters. The van der Waals surface area contributed by atoms with Crippen LogP contribution in [-0.2, 0) is 4.74 Å². The molecule has 1 aromatic rings. The summed E-state index contributed by atoms with van der Waals surface area (Å²) in [5, 5.41) is 8.80. The van der Waals surface area contributed by atoms with Crippen molar-refractivity contribution in [1.29, 1.82) is 0 Å². The van der Waals surface area contributed by atoms with Crippen LogP contribution in [0.1, 0.15) is 27.2 Å². The van der Waals surface area contributed by atoms with Crippen molar-refractivity contribution in [2.75, 3.05) is 51.7 Å². The van der Waals surface area contributed by atoms with E-state index in [1.165, 1.54) is 0 Å². The topological polar surface area (TPSA) is 61.8 Å². The minimum atomic E-state index is 0.0484. The second-order valence-electron chi connectivity index (χ2n) is 6.53. The van der Waals surface area contributed by atoms with Crippen LogP contribution in [0.3, 0.4) is 0 Å². The number of morpholine rings is 1. The van der Waals surface area contributed by atoms with Gasteiger partial charge in [0.15, 0.2) is 5.96 Å². The quantitative estimate of drug-likeness (QED) is 0.294. The van der Waals surface area contributed by atoms with Gasteiger partial charge in [-0.25, -0.2) is 4.98 Å². The summed E-state index contributed by atoms with van der Waals surface area (Å²) in [4.78, 5) is 11.6. The van der Waals surface area contributed by atoms with Gasteiger partial charge in [-0.2, -0.15) is 0 Å². The molecule has 1 aliphatic heterocycles. The van der Waals surface area contributed by atoms with E-state index in [0.717, 1.165) is 68.4 Å². The lowest BCUT2D eigenvalue weighted by Crippen LogP contribution is -2.52. The highest BCUT2D eigenvalue weighted by atomic mass is 32.2. The lowest BCUT2D eigenvalue weighted by atomic mass is 10.0. The van der Waals surface area contributed by atoms with E-state index in [2.05, 4.69) is 41.3 Å². The molecule has 8 heteroatoms. The van der Waals surface area contributed by atoms with Crippen LogP contribution in [0, 0.1) is 0 Å². The van der Waals surface area contributed by atoms with Crippen molar-refractivity contribution < 1.29 is 4.74 Å². The fourth-order valence-electron chi connectivity index (χ4n) is 2.60. The maximum atomic E-state index is 5.45. The molecule has 1 saturated heterocycles. The van der Waals surface area contributed by atoms with Gasteiger partial charge in [-0.1, -0.05) is 11.8 Å². The van der Waals surface area contributed by atoms with Gasteiger partial charge in [-0.15, -0.1) is 11.3 Å². The molecule has 2 rings (SSSR count). The number of hydrogen-bond acceptors (Lipinski definition) is 6. The Morgan fingerprint density at radius 3 is 2.88 bits per heavy atom. The highest BCUT2D eigenvalue weighted by molar-refractivity contribution is 8.00. The molecule has 0 amide bonds. The molecule has 0 saturated carbocycles. The number of nitrogens with one attached hydrogen (secondary N) is 2. The first-order chi connectivity index (χ1) is 12.1. The van der Waals surface area contributed by atoms with Crippen LogP contribution in [0.15, 0.2) is 20.9 Å². The van der Waals surface area contributed by atoms with Crippen LogP contribution in [0.25, 0.3) is 0 Å². The minimum Gasteiger partial charge on any atom is -0.379 e. The Bertz CT molecular complexity index is 501. The van der Waals surface area contributed by atoms with E-state index in [1.54, 1.807) is 11.3 Å². The number of nitrogens with zero attached hydrogens (tertiary/aromatic N) is 3. The number of thioether (sulfide) groups is 1. The SMILES string of the molecule is CCNC(=NCC(C)(C)N1CCOCC1)NCCCSc1nccs1. The number of aliphatic imine (C=N–C) groups is 1.